The van der Waals surface area contributed by atoms with Crippen molar-refractivity contribution >= 4 is 23.6 Å². The summed E-state index contributed by atoms with van der Waals surface area (Å²) in [5, 5.41) is 3.22. The van der Waals surface area contributed by atoms with Gasteiger partial charge in [-0.15, -0.1) is 11.8 Å². The van der Waals surface area contributed by atoms with E-state index >= 15 is 0 Å². The van der Waals surface area contributed by atoms with Crippen LogP contribution in [0.1, 0.15) is 42.4 Å². The molecule has 188 valence electrons. The van der Waals surface area contributed by atoms with E-state index in [4.69, 9.17) is 0 Å². The lowest BCUT2D eigenvalue weighted by molar-refractivity contribution is -0.139. The monoisotopic (exact) mass is 504 g/mol. The SMILES string of the molecule is O=C(NC1CCCC1)[C@H](Cc1ccccc1)N(Cc1ccccc1)C(=O)CSCc1ccccc1F. The fourth-order valence-corrected chi connectivity index (χ4v) is 5.54. The van der Waals surface area contributed by atoms with Crippen LogP contribution in [0, 0.1) is 5.82 Å². The number of nitrogens with zero attached hydrogens (tertiary/aromatic N) is 1. The molecule has 0 unspecified atom stereocenters. The van der Waals surface area contributed by atoms with Gasteiger partial charge in [-0.3, -0.25) is 9.59 Å². The molecule has 1 saturated carbocycles. The zero-order valence-electron chi connectivity index (χ0n) is 20.4. The summed E-state index contributed by atoms with van der Waals surface area (Å²) in [7, 11) is 0. The second-order valence-corrected chi connectivity index (χ2v) is 10.3. The first kappa shape index (κ1) is 26.0. The summed E-state index contributed by atoms with van der Waals surface area (Å²) in [6.07, 6.45) is 4.64. The first-order valence-corrected chi connectivity index (χ1v) is 13.7. The van der Waals surface area contributed by atoms with Gasteiger partial charge in [-0.1, -0.05) is 91.7 Å². The summed E-state index contributed by atoms with van der Waals surface area (Å²) in [4.78, 5) is 29.0. The Bertz CT molecular complexity index is 1120. The predicted octanol–water partition coefficient (Wildman–Crippen LogP) is 5.76. The average Bonchev–Trinajstić information content (AvgIpc) is 3.41. The Morgan fingerprint density at radius 3 is 2.17 bits per heavy atom. The highest BCUT2D eigenvalue weighted by Crippen LogP contribution is 2.22. The summed E-state index contributed by atoms with van der Waals surface area (Å²) in [5.74, 6) is 0.0755. The quantitative estimate of drug-likeness (QED) is 0.361. The van der Waals surface area contributed by atoms with Gasteiger partial charge in [-0.25, -0.2) is 4.39 Å². The van der Waals surface area contributed by atoms with E-state index in [2.05, 4.69) is 5.32 Å². The van der Waals surface area contributed by atoms with Crippen LogP contribution in [0.4, 0.5) is 4.39 Å². The van der Waals surface area contributed by atoms with Crippen molar-refractivity contribution in [2.45, 2.75) is 56.5 Å². The molecule has 1 N–H and O–H groups in total. The van der Waals surface area contributed by atoms with Crippen molar-refractivity contribution in [2.24, 2.45) is 0 Å². The molecule has 1 fully saturated rings. The van der Waals surface area contributed by atoms with Gasteiger partial charge in [0.15, 0.2) is 0 Å². The number of hydrogen-bond acceptors (Lipinski definition) is 3. The van der Waals surface area contributed by atoms with Gasteiger partial charge in [0.1, 0.15) is 11.9 Å². The zero-order valence-corrected chi connectivity index (χ0v) is 21.3. The maximum absolute atomic E-state index is 14.1. The summed E-state index contributed by atoms with van der Waals surface area (Å²) in [6, 6.07) is 25.8. The Kier molecular flexibility index (Phi) is 9.56. The summed E-state index contributed by atoms with van der Waals surface area (Å²) in [6.45, 7) is 0.343. The third-order valence-electron chi connectivity index (χ3n) is 6.61. The first-order valence-electron chi connectivity index (χ1n) is 12.6. The molecule has 1 aliphatic carbocycles. The van der Waals surface area contributed by atoms with E-state index < -0.39 is 6.04 Å². The lowest BCUT2D eigenvalue weighted by Crippen LogP contribution is -2.52. The average molecular weight is 505 g/mol. The molecule has 0 heterocycles. The lowest BCUT2D eigenvalue weighted by atomic mass is 10.0. The van der Waals surface area contributed by atoms with Crippen LogP contribution in [0.5, 0.6) is 0 Å². The number of carbonyl (C=O) groups is 2. The molecule has 3 aromatic carbocycles. The van der Waals surface area contributed by atoms with E-state index in [1.54, 1.807) is 23.1 Å². The van der Waals surface area contributed by atoms with Crippen molar-refractivity contribution in [1.82, 2.24) is 10.2 Å². The summed E-state index contributed by atoms with van der Waals surface area (Å²) >= 11 is 1.37. The predicted molar refractivity (Wildman–Crippen MR) is 144 cm³/mol. The van der Waals surface area contributed by atoms with Gasteiger partial charge >= 0.3 is 0 Å². The number of benzene rings is 3. The fraction of sp³-hybridized carbons (Fsp3) is 0.333. The second kappa shape index (κ2) is 13.3. The maximum atomic E-state index is 14.1. The van der Waals surface area contributed by atoms with Gasteiger partial charge in [0.2, 0.25) is 11.8 Å². The fourth-order valence-electron chi connectivity index (χ4n) is 4.65. The smallest absolute Gasteiger partial charge is 0.243 e. The van der Waals surface area contributed by atoms with E-state index in [0.717, 1.165) is 36.8 Å². The molecule has 0 aromatic heterocycles. The Labute approximate surface area is 217 Å². The minimum Gasteiger partial charge on any atom is -0.352 e. The molecule has 36 heavy (non-hydrogen) atoms. The van der Waals surface area contributed by atoms with Crippen molar-refractivity contribution in [1.29, 1.82) is 0 Å². The second-order valence-electron chi connectivity index (χ2n) is 9.29. The summed E-state index contributed by atoms with van der Waals surface area (Å²) in [5.41, 5.74) is 2.55. The van der Waals surface area contributed by atoms with Crippen LogP contribution in [0.25, 0.3) is 0 Å². The standard InChI is InChI=1S/C30H33FN2O2S/c31-27-18-10-7-15-25(27)21-36-22-29(34)33(20-24-13-5-2-6-14-24)28(19-23-11-3-1-4-12-23)30(35)32-26-16-8-9-17-26/h1-7,10-15,18,26,28H,8-9,16-17,19-22H2,(H,32,35)/t28-/m0/s1. The number of hydrogen-bond donors (Lipinski definition) is 1. The zero-order chi connectivity index (χ0) is 25.2. The van der Waals surface area contributed by atoms with Crippen molar-refractivity contribution in [3.63, 3.8) is 0 Å². The van der Waals surface area contributed by atoms with E-state index in [-0.39, 0.29) is 29.4 Å². The number of halogens is 1. The third-order valence-corrected chi connectivity index (χ3v) is 7.58. The van der Waals surface area contributed by atoms with Crippen LogP contribution < -0.4 is 5.32 Å². The van der Waals surface area contributed by atoms with Gasteiger partial charge < -0.3 is 10.2 Å². The van der Waals surface area contributed by atoms with Gasteiger partial charge in [-0.2, -0.15) is 0 Å². The van der Waals surface area contributed by atoms with Gasteiger partial charge in [0.05, 0.1) is 5.75 Å². The minimum absolute atomic E-state index is 0.103. The van der Waals surface area contributed by atoms with Crippen LogP contribution in [-0.2, 0) is 28.3 Å². The Morgan fingerprint density at radius 1 is 0.889 bits per heavy atom. The Morgan fingerprint density at radius 2 is 1.50 bits per heavy atom. The van der Waals surface area contributed by atoms with Crippen molar-refractivity contribution < 1.29 is 14.0 Å². The molecule has 0 aliphatic heterocycles. The van der Waals surface area contributed by atoms with Crippen LogP contribution >= 0.6 is 11.8 Å². The van der Waals surface area contributed by atoms with Crippen LogP contribution in [-0.4, -0.2) is 34.6 Å². The number of nitrogens with one attached hydrogen (secondary N) is 1. The highest BCUT2D eigenvalue weighted by atomic mass is 32.2. The molecule has 6 heteroatoms. The van der Waals surface area contributed by atoms with E-state index in [0.29, 0.717) is 24.3 Å². The number of rotatable bonds is 11. The third kappa shape index (κ3) is 7.44. The van der Waals surface area contributed by atoms with E-state index in [1.807, 2.05) is 60.7 Å². The minimum atomic E-state index is -0.630. The molecular weight excluding hydrogens is 471 g/mol. The molecule has 1 atom stereocenters. The van der Waals surface area contributed by atoms with E-state index in [9.17, 15) is 14.0 Å². The molecule has 4 nitrogen and oxygen atoms in total. The first-order chi connectivity index (χ1) is 17.6. The molecule has 3 aromatic rings. The van der Waals surface area contributed by atoms with Crippen molar-refractivity contribution in [2.75, 3.05) is 5.75 Å². The van der Waals surface area contributed by atoms with Crippen molar-refractivity contribution in [3.8, 4) is 0 Å². The molecule has 0 radical (unpaired) electrons. The number of amides is 2. The van der Waals surface area contributed by atoms with Crippen LogP contribution in [0.2, 0.25) is 0 Å². The molecule has 0 spiro atoms. The van der Waals surface area contributed by atoms with Gasteiger partial charge in [0.25, 0.3) is 0 Å². The largest absolute Gasteiger partial charge is 0.352 e. The van der Waals surface area contributed by atoms with Crippen LogP contribution in [0.15, 0.2) is 84.9 Å². The maximum Gasteiger partial charge on any atom is 0.243 e. The molecule has 4 rings (SSSR count). The lowest BCUT2D eigenvalue weighted by Gasteiger charge is -2.32. The topological polar surface area (TPSA) is 49.4 Å². The Balaban J connectivity index is 1.55. The normalized spacial score (nSPS) is 14.4. The highest BCUT2D eigenvalue weighted by molar-refractivity contribution is 7.99. The highest BCUT2D eigenvalue weighted by Gasteiger charge is 2.32. The molecular formula is C30H33FN2O2S. The Hall–Kier alpha value is -3.12. The van der Waals surface area contributed by atoms with Gasteiger partial charge in [0, 0.05) is 24.8 Å². The molecule has 1 aliphatic rings. The molecule has 2 amide bonds. The number of carbonyl (C=O) groups excluding carboxylic acids is 2. The van der Waals surface area contributed by atoms with Crippen LogP contribution in [0.3, 0.4) is 0 Å². The summed E-state index contributed by atoms with van der Waals surface area (Å²) < 4.78 is 14.1. The molecule has 0 bridgehead atoms. The number of thioether (sulfide) groups is 1. The van der Waals surface area contributed by atoms with E-state index in [1.165, 1.54) is 17.8 Å². The molecule has 0 saturated heterocycles. The van der Waals surface area contributed by atoms with Gasteiger partial charge in [-0.05, 0) is 35.6 Å². The van der Waals surface area contributed by atoms with Crippen molar-refractivity contribution in [3.05, 3.63) is 107 Å².